The van der Waals surface area contributed by atoms with E-state index >= 15 is 0 Å². The molecule has 0 radical (unpaired) electrons. The van der Waals surface area contributed by atoms with Crippen LogP contribution in [0.15, 0.2) is 0 Å². The van der Waals surface area contributed by atoms with E-state index in [1.807, 2.05) is 0 Å². The van der Waals surface area contributed by atoms with Crippen LogP contribution in [0.1, 0.15) is 46.5 Å². The van der Waals surface area contributed by atoms with Crippen LogP contribution in [0.2, 0.25) is 0 Å². The average molecular weight is 208 g/mol. The van der Waals surface area contributed by atoms with Crippen LogP contribution >= 0.6 is 12.4 Å². The first-order valence-electron chi connectivity index (χ1n) is 4.91. The van der Waals surface area contributed by atoms with E-state index in [1.165, 1.54) is 0 Å². The summed E-state index contributed by atoms with van der Waals surface area (Å²) in [5, 5.41) is 0. The van der Waals surface area contributed by atoms with Crippen LogP contribution in [0, 0.1) is 0 Å². The van der Waals surface area contributed by atoms with E-state index in [4.69, 9.17) is 10.5 Å². The van der Waals surface area contributed by atoms with Crippen LogP contribution in [0.5, 0.6) is 0 Å². The van der Waals surface area contributed by atoms with Crippen molar-refractivity contribution in [3.05, 3.63) is 0 Å². The molecule has 0 heterocycles. The average Bonchev–Trinajstić information content (AvgIpc) is 1.91. The van der Waals surface area contributed by atoms with Gasteiger partial charge in [0.15, 0.2) is 0 Å². The Morgan fingerprint density at radius 2 is 1.54 bits per heavy atom. The molecule has 1 rings (SSSR count). The molecule has 3 heteroatoms. The zero-order valence-electron chi connectivity index (χ0n) is 8.88. The smallest absolute Gasteiger partial charge is 0.0602 e. The van der Waals surface area contributed by atoms with Crippen molar-refractivity contribution < 1.29 is 4.74 Å². The standard InChI is InChI=1S/C10H21NO.ClH/c1-10(2,3)12-9-6-4-8(11)5-7-9;/h8-9H,4-7,11H2,1-3H3;1H. The van der Waals surface area contributed by atoms with Gasteiger partial charge in [0.1, 0.15) is 0 Å². The molecule has 0 aromatic rings. The van der Waals surface area contributed by atoms with Crippen LogP contribution in [0.4, 0.5) is 0 Å². The van der Waals surface area contributed by atoms with Crippen molar-refractivity contribution in [1.82, 2.24) is 0 Å². The Balaban J connectivity index is 0.00000144. The number of halogens is 1. The largest absolute Gasteiger partial charge is 0.373 e. The molecule has 13 heavy (non-hydrogen) atoms. The summed E-state index contributed by atoms with van der Waals surface area (Å²) in [5.74, 6) is 0. The highest BCUT2D eigenvalue weighted by molar-refractivity contribution is 5.85. The monoisotopic (exact) mass is 207 g/mol. The Kier molecular flexibility index (Phi) is 5.26. The molecule has 1 aliphatic rings. The topological polar surface area (TPSA) is 35.2 Å². The normalized spacial score (nSPS) is 29.5. The molecular weight excluding hydrogens is 186 g/mol. The summed E-state index contributed by atoms with van der Waals surface area (Å²) in [6, 6.07) is 0.421. The number of hydrogen-bond donors (Lipinski definition) is 1. The van der Waals surface area contributed by atoms with Gasteiger partial charge in [-0.3, -0.25) is 0 Å². The Morgan fingerprint density at radius 3 is 1.92 bits per heavy atom. The first-order valence-corrected chi connectivity index (χ1v) is 4.91. The van der Waals surface area contributed by atoms with Gasteiger partial charge in [0, 0.05) is 6.04 Å². The predicted molar refractivity (Wildman–Crippen MR) is 58.3 cm³/mol. The fourth-order valence-corrected chi connectivity index (χ4v) is 1.71. The minimum atomic E-state index is 0. The van der Waals surface area contributed by atoms with Gasteiger partial charge in [0.25, 0.3) is 0 Å². The Hall–Kier alpha value is 0.210. The molecule has 0 aromatic heterocycles. The van der Waals surface area contributed by atoms with Crippen molar-refractivity contribution in [2.24, 2.45) is 5.73 Å². The molecular formula is C10H22ClNO. The van der Waals surface area contributed by atoms with Crippen LogP contribution in [-0.4, -0.2) is 17.7 Å². The third kappa shape index (κ3) is 5.50. The summed E-state index contributed by atoms with van der Waals surface area (Å²) >= 11 is 0. The summed E-state index contributed by atoms with van der Waals surface area (Å²) in [5.41, 5.74) is 5.81. The zero-order chi connectivity index (χ0) is 9.19. The second kappa shape index (κ2) is 5.18. The van der Waals surface area contributed by atoms with E-state index in [0.717, 1.165) is 25.7 Å². The minimum absolute atomic E-state index is 0. The summed E-state index contributed by atoms with van der Waals surface area (Å²) in [6.45, 7) is 6.34. The molecule has 0 aliphatic heterocycles. The molecule has 2 nitrogen and oxygen atoms in total. The van der Waals surface area contributed by atoms with Crippen LogP contribution in [0.3, 0.4) is 0 Å². The van der Waals surface area contributed by atoms with Gasteiger partial charge < -0.3 is 10.5 Å². The quantitative estimate of drug-likeness (QED) is 0.717. The number of hydrogen-bond acceptors (Lipinski definition) is 2. The third-order valence-electron chi connectivity index (χ3n) is 2.24. The predicted octanol–water partition coefficient (Wildman–Crippen LogP) is 2.49. The van der Waals surface area contributed by atoms with Gasteiger partial charge in [-0.1, -0.05) is 0 Å². The van der Waals surface area contributed by atoms with E-state index in [1.54, 1.807) is 0 Å². The lowest BCUT2D eigenvalue weighted by Gasteiger charge is -2.32. The van der Waals surface area contributed by atoms with Crippen molar-refractivity contribution in [2.75, 3.05) is 0 Å². The van der Waals surface area contributed by atoms with Gasteiger partial charge in [-0.15, -0.1) is 12.4 Å². The van der Waals surface area contributed by atoms with E-state index in [9.17, 15) is 0 Å². The SMILES string of the molecule is CC(C)(C)OC1CCC(N)CC1.Cl. The second-order valence-corrected chi connectivity index (χ2v) is 4.77. The molecule has 80 valence electrons. The zero-order valence-corrected chi connectivity index (χ0v) is 9.69. The molecule has 0 aromatic carbocycles. The first-order chi connectivity index (χ1) is 5.47. The first kappa shape index (κ1) is 13.2. The summed E-state index contributed by atoms with van der Waals surface area (Å²) in [4.78, 5) is 0. The van der Waals surface area contributed by atoms with Crippen LogP contribution in [-0.2, 0) is 4.74 Å². The van der Waals surface area contributed by atoms with Crippen molar-refractivity contribution in [1.29, 1.82) is 0 Å². The van der Waals surface area contributed by atoms with Crippen molar-refractivity contribution >= 4 is 12.4 Å². The number of nitrogens with two attached hydrogens (primary N) is 1. The summed E-state index contributed by atoms with van der Waals surface area (Å²) in [6.07, 6.45) is 4.98. The number of rotatable bonds is 1. The van der Waals surface area contributed by atoms with E-state index in [0.29, 0.717) is 12.1 Å². The molecule has 2 N–H and O–H groups in total. The van der Waals surface area contributed by atoms with Crippen molar-refractivity contribution in [2.45, 2.75) is 64.2 Å². The van der Waals surface area contributed by atoms with E-state index < -0.39 is 0 Å². The van der Waals surface area contributed by atoms with Crippen molar-refractivity contribution in [3.8, 4) is 0 Å². The Bertz CT molecular complexity index is 136. The maximum atomic E-state index is 5.87. The van der Waals surface area contributed by atoms with E-state index in [-0.39, 0.29) is 18.0 Å². The maximum absolute atomic E-state index is 5.87. The van der Waals surface area contributed by atoms with Gasteiger partial charge in [-0.2, -0.15) is 0 Å². The molecule has 0 saturated heterocycles. The fraction of sp³-hybridized carbons (Fsp3) is 1.00. The highest BCUT2D eigenvalue weighted by Crippen LogP contribution is 2.23. The van der Waals surface area contributed by atoms with Crippen molar-refractivity contribution in [3.63, 3.8) is 0 Å². The molecule has 0 atom stereocenters. The third-order valence-corrected chi connectivity index (χ3v) is 2.24. The molecule has 1 aliphatic carbocycles. The van der Waals surface area contributed by atoms with Crippen LogP contribution < -0.4 is 5.73 Å². The fourth-order valence-electron chi connectivity index (χ4n) is 1.71. The van der Waals surface area contributed by atoms with E-state index in [2.05, 4.69) is 20.8 Å². The van der Waals surface area contributed by atoms with Gasteiger partial charge >= 0.3 is 0 Å². The summed E-state index contributed by atoms with van der Waals surface area (Å²) < 4.78 is 5.87. The van der Waals surface area contributed by atoms with Gasteiger partial charge in [-0.05, 0) is 46.5 Å². The lowest BCUT2D eigenvalue weighted by Crippen LogP contribution is -2.34. The van der Waals surface area contributed by atoms with Gasteiger partial charge in [0.2, 0.25) is 0 Å². The molecule has 0 bridgehead atoms. The molecule has 1 saturated carbocycles. The summed E-state index contributed by atoms with van der Waals surface area (Å²) in [7, 11) is 0. The lowest BCUT2D eigenvalue weighted by molar-refractivity contribution is -0.0748. The number of ether oxygens (including phenoxy) is 1. The van der Waals surface area contributed by atoms with Crippen LogP contribution in [0.25, 0.3) is 0 Å². The highest BCUT2D eigenvalue weighted by Gasteiger charge is 2.23. The second-order valence-electron chi connectivity index (χ2n) is 4.77. The highest BCUT2D eigenvalue weighted by atomic mass is 35.5. The van der Waals surface area contributed by atoms with Gasteiger partial charge in [-0.25, -0.2) is 0 Å². The lowest BCUT2D eigenvalue weighted by atomic mass is 9.93. The van der Waals surface area contributed by atoms with Gasteiger partial charge in [0.05, 0.1) is 11.7 Å². The minimum Gasteiger partial charge on any atom is -0.373 e. The molecule has 0 spiro atoms. The Labute approximate surface area is 87.6 Å². The molecule has 0 unspecified atom stereocenters. The maximum Gasteiger partial charge on any atom is 0.0602 e. The molecule has 0 amide bonds. The Morgan fingerprint density at radius 1 is 1.08 bits per heavy atom. The molecule has 1 fully saturated rings.